The summed E-state index contributed by atoms with van der Waals surface area (Å²) in [6.45, 7) is 2.07. The largest absolute Gasteiger partial charge is 0.155 e. The van der Waals surface area contributed by atoms with E-state index in [4.69, 9.17) is 0 Å². The number of nitrogens with zero attached hydrogens (tertiary/aromatic N) is 2. The molecule has 1 heterocycles. The fraction of sp³-hybridized carbons (Fsp3) is 0.400. The highest BCUT2D eigenvalue weighted by Crippen LogP contribution is 2.08. The molecule has 0 aliphatic carbocycles. The predicted octanol–water partition coefficient (Wildman–Crippen LogP) is 1.65. The first-order chi connectivity index (χ1) is 3.83. The molecule has 0 saturated carbocycles. The summed E-state index contributed by atoms with van der Waals surface area (Å²) in [7, 11) is 0. The van der Waals surface area contributed by atoms with Crippen molar-refractivity contribution in [2.75, 3.05) is 0 Å². The first-order valence-electron chi connectivity index (χ1n) is 2.47. The van der Waals surface area contributed by atoms with Crippen molar-refractivity contribution in [3.63, 3.8) is 0 Å². The minimum atomic E-state index is 0.982. The van der Waals surface area contributed by atoms with Crippen molar-refractivity contribution in [2.24, 2.45) is 5.10 Å². The predicted molar refractivity (Wildman–Crippen MR) is 42.0 cm³/mol. The van der Waals surface area contributed by atoms with Crippen molar-refractivity contribution >= 4 is 26.3 Å². The van der Waals surface area contributed by atoms with Crippen molar-refractivity contribution in [1.82, 2.24) is 5.43 Å². The molecule has 8 heavy (non-hydrogen) atoms. The number of hydrogen-bond donors (Lipinski definition) is 0. The zero-order valence-electron chi connectivity index (χ0n) is 4.56. The van der Waals surface area contributed by atoms with Crippen LogP contribution >= 0.6 is 22.6 Å². The Bertz CT molecular complexity index is 149. The molecule has 0 unspecified atom stereocenters. The Morgan fingerprint density at radius 1 is 1.75 bits per heavy atom. The van der Waals surface area contributed by atoms with Gasteiger partial charge in [-0.15, -0.1) is 5.10 Å². The Labute approximate surface area is 62.2 Å². The van der Waals surface area contributed by atoms with Crippen LogP contribution in [-0.2, 0) is 0 Å². The molecule has 0 aromatic carbocycles. The van der Waals surface area contributed by atoms with Gasteiger partial charge in [-0.2, -0.15) is 5.43 Å². The van der Waals surface area contributed by atoms with E-state index in [1.807, 2.05) is 6.08 Å². The monoisotopic (exact) mass is 221 g/mol. The molecule has 0 atom stereocenters. The van der Waals surface area contributed by atoms with Gasteiger partial charge >= 0.3 is 0 Å². The van der Waals surface area contributed by atoms with E-state index in [9.17, 15) is 0 Å². The standard InChI is InChI=1S/C5H6IN2/c1-2-4-3-5(6)8-7-4/h3H,2H2,1H3. The highest BCUT2D eigenvalue weighted by atomic mass is 127. The quantitative estimate of drug-likeness (QED) is 0.602. The van der Waals surface area contributed by atoms with E-state index in [-0.39, 0.29) is 0 Å². The van der Waals surface area contributed by atoms with E-state index >= 15 is 0 Å². The van der Waals surface area contributed by atoms with Crippen LogP contribution in [0.1, 0.15) is 13.3 Å². The first-order valence-corrected chi connectivity index (χ1v) is 3.55. The van der Waals surface area contributed by atoms with Crippen LogP contribution in [0.4, 0.5) is 0 Å². The Morgan fingerprint density at radius 3 is 2.75 bits per heavy atom. The fourth-order valence-electron chi connectivity index (χ4n) is 0.480. The lowest BCUT2D eigenvalue weighted by molar-refractivity contribution is 0.838. The van der Waals surface area contributed by atoms with Crippen LogP contribution in [-0.4, -0.2) is 3.72 Å². The van der Waals surface area contributed by atoms with Crippen molar-refractivity contribution in [3.05, 3.63) is 11.8 Å². The van der Waals surface area contributed by atoms with E-state index in [0.29, 0.717) is 0 Å². The summed E-state index contributed by atoms with van der Waals surface area (Å²) in [5.41, 5.74) is 4.95. The van der Waals surface area contributed by atoms with Gasteiger partial charge in [-0.05, 0) is 35.1 Å². The normalized spacial score (nSPS) is 17.2. The molecule has 3 heteroatoms. The second-order valence-electron chi connectivity index (χ2n) is 1.51. The van der Waals surface area contributed by atoms with Gasteiger partial charge in [0.15, 0.2) is 0 Å². The molecule has 0 N–H and O–H groups in total. The number of allylic oxidation sites excluding steroid dienone is 2. The summed E-state index contributed by atoms with van der Waals surface area (Å²) in [4.78, 5) is 0. The zero-order chi connectivity index (χ0) is 5.98. The second kappa shape index (κ2) is 2.48. The van der Waals surface area contributed by atoms with Crippen LogP contribution in [0.25, 0.3) is 0 Å². The SMILES string of the molecule is CCC1=CC(I)=N[N]1. The summed E-state index contributed by atoms with van der Waals surface area (Å²) < 4.78 is 0.986. The minimum absolute atomic E-state index is 0.982. The topological polar surface area (TPSA) is 26.5 Å². The average molecular weight is 221 g/mol. The molecular formula is C5H6IN2. The third-order valence-corrected chi connectivity index (χ3v) is 1.45. The molecular weight excluding hydrogens is 215 g/mol. The van der Waals surface area contributed by atoms with Gasteiger partial charge in [0.05, 0.1) is 5.70 Å². The molecule has 43 valence electrons. The molecule has 1 aliphatic rings. The van der Waals surface area contributed by atoms with E-state index in [1.54, 1.807) is 0 Å². The number of rotatable bonds is 1. The average Bonchev–Trinajstić information content (AvgIpc) is 2.14. The third kappa shape index (κ3) is 1.21. The van der Waals surface area contributed by atoms with Crippen LogP contribution in [0.15, 0.2) is 16.9 Å². The van der Waals surface area contributed by atoms with Crippen LogP contribution in [0.3, 0.4) is 0 Å². The molecule has 0 fully saturated rings. The van der Waals surface area contributed by atoms with Crippen LogP contribution in [0.5, 0.6) is 0 Å². The molecule has 1 aliphatic heterocycles. The molecule has 1 rings (SSSR count). The van der Waals surface area contributed by atoms with Gasteiger partial charge in [-0.25, -0.2) is 0 Å². The Balaban J connectivity index is 2.56. The van der Waals surface area contributed by atoms with Gasteiger partial charge in [0.25, 0.3) is 0 Å². The van der Waals surface area contributed by atoms with Crippen molar-refractivity contribution in [2.45, 2.75) is 13.3 Å². The van der Waals surface area contributed by atoms with Crippen molar-refractivity contribution in [1.29, 1.82) is 0 Å². The molecule has 0 spiro atoms. The first kappa shape index (κ1) is 6.07. The fourth-order valence-corrected chi connectivity index (χ4v) is 0.947. The number of halogens is 1. The molecule has 2 nitrogen and oxygen atoms in total. The Hall–Kier alpha value is -0.0600. The number of hydrogen-bond acceptors (Lipinski definition) is 1. The summed E-state index contributed by atoms with van der Waals surface area (Å²) in [5.74, 6) is 0. The molecule has 0 aromatic rings. The van der Waals surface area contributed by atoms with Gasteiger partial charge in [-0.1, -0.05) is 6.92 Å². The minimum Gasteiger partial charge on any atom is -0.155 e. The molecule has 0 aromatic heterocycles. The van der Waals surface area contributed by atoms with Crippen LogP contribution in [0.2, 0.25) is 0 Å². The van der Waals surface area contributed by atoms with Gasteiger partial charge in [-0.3, -0.25) is 0 Å². The third-order valence-electron chi connectivity index (χ3n) is 0.922. The lowest BCUT2D eigenvalue weighted by Crippen LogP contribution is -1.87. The van der Waals surface area contributed by atoms with Gasteiger partial charge in [0, 0.05) is 0 Å². The van der Waals surface area contributed by atoms with Crippen LogP contribution < -0.4 is 5.43 Å². The van der Waals surface area contributed by atoms with Gasteiger partial charge < -0.3 is 0 Å². The summed E-state index contributed by atoms with van der Waals surface area (Å²) in [6, 6.07) is 0. The Kier molecular flexibility index (Phi) is 1.88. The maximum Gasteiger partial charge on any atom is 0.125 e. The Morgan fingerprint density at radius 2 is 2.50 bits per heavy atom. The zero-order valence-corrected chi connectivity index (χ0v) is 6.71. The maximum absolute atomic E-state index is 3.88. The highest BCUT2D eigenvalue weighted by molar-refractivity contribution is 14.1. The summed E-state index contributed by atoms with van der Waals surface area (Å²) >= 11 is 2.15. The van der Waals surface area contributed by atoms with E-state index in [1.165, 1.54) is 0 Å². The summed E-state index contributed by atoms with van der Waals surface area (Å²) in [6.07, 6.45) is 2.97. The van der Waals surface area contributed by atoms with E-state index in [2.05, 4.69) is 40.0 Å². The second-order valence-corrected chi connectivity index (χ2v) is 2.62. The molecule has 0 amide bonds. The lowest BCUT2D eigenvalue weighted by Gasteiger charge is -1.86. The van der Waals surface area contributed by atoms with Gasteiger partial charge in [0.1, 0.15) is 3.72 Å². The molecule has 0 bridgehead atoms. The van der Waals surface area contributed by atoms with E-state index in [0.717, 1.165) is 15.8 Å². The lowest BCUT2D eigenvalue weighted by atomic mass is 10.3. The summed E-state index contributed by atoms with van der Waals surface area (Å²) in [5, 5.41) is 3.82. The highest BCUT2D eigenvalue weighted by Gasteiger charge is 2.02. The maximum atomic E-state index is 3.88. The molecule has 1 radical (unpaired) electrons. The van der Waals surface area contributed by atoms with Crippen LogP contribution in [0, 0.1) is 0 Å². The molecule has 0 saturated heterocycles. The van der Waals surface area contributed by atoms with E-state index < -0.39 is 0 Å². The van der Waals surface area contributed by atoms with Gasteiger partial charge in [0.2, 0.25) is 0 Å². The smallest absolute Gasteiger partial charge is 0.125 e. The van der Waals surface area contributed by atoms with Crippen molar-refractivity contribution in [3.8, 4) is 0 Å². The van der Waals surface area contributed by atoms with Crippen molar-refractivity contribution < 1.29 is 0 Å².